The lowest BCUT2D eigenvalue weighted by Gasteiger charge is -2.25. The lowest BCUT2D eigenvalue weighted by Crippen LogP contribution is -2.58. The molecule has 0 aromatic carbocycles. The van der Waals surface area contributed by atoms with Crippen LogP contribution in [-0.4, -0.2) is 58.1 Å². The number of hydrogen-bond acceptors (Lipinski definition) is 6. The predicted molar refractivity (Wildman–Crippen MR) is 89.0 cm³/mol. The smallest absolute Gasteiger partial charge is 0.326 e. The van der Waals surface area contributed by atoms with Gasteiger partial charge in [-0.05, 0) is 25.7 Å². The summed E-state index contributed by atoms with van der Waals surface area (Å²) in [5.41, 5.74) is 10.6. The molecule has 0 aromatic rings. The summed E-state index contributed by atoms with van der Waals surface area (Å²) < 4.78 is 0. The molecule has 0 spiro atoms. The zero-order valence-electron chi connectivity index (χ0n) is 14.7. The van der Waals surface area contributed by atoms with E-state index in [2.05, 4.69) is 10.6 Å². The number of carbonyl (C=O) groups is 4. The van der Waals surface area contributed by atoms with Crippen LogP contribution in [0.1, 0.15) is 40.0 Å². The van der Waals surface area contributed by atoms with Crippen LogP contribution >= 0.6 is 0 Å². The first-order valence-electron chi connectivity index (χ1n) is 8.01. The summed E-state index contributed by atoms with van der Waals surface area (Å²) in [6.07, 6.45) is -1.20. The molecule has 0 bridgehead atoms. The van der Waals surface area contributed by atoms with E-state index in [0.29, 0.717) is 0 Å². The van der Waals surface area contributed by atoms with Gasteiger partial charge in [0, 0.05) is 6.42 Å². The summed E-state index contributed by atoms with van der Waals surface area (Å²) in [6.45, 7) is 4.87. The summed E-state index contributed by atoms with van der Waals surface area (Å²) in [4.78, 5) is 46.1. The molecule has 0 aliphatic heterocycles. The van der Waals surface area contributed by atoms with Crippen molar-refractivity contribution in [2.45, 2.75) is 64.3 Å². The molecule has 3 amide bonds. The van der Waals surface area contributed by atoms with Gasteiger partial charge >= 0.3 is 5.97 Å². The fourth-order valence-corrected chi connectivity index (χ4v) is 2.05. The van der Waals surface area contributed by atoms with Crippen molar-refractivity contribution < 1.29 is 29.4 Å². The second-order valence-corrected chi connectivity index (χ2v) is 6.37. The van der Waals surface area contributed by atoms with Gasteiger partial charge in [0.25, 0.3) is 0 Å². The Morgan fingerprint density at radius 2 is 1.60 bits per heavy atom. The number of aliphatic hydroxyl groups excluding tert-OH is 1. The minimum absolute atomic E-state index is 0.0135. The highest BCUT2D eigenvalue weighted by molar-refractivity contribution is 5.92. The van der Waals surface area contributed by atoms with Gasteiger partial charge in [0.2, 0.25) is 17.7 Å². The van der Waals surface area contributed by atoms with Gasteiger partial charge in [-0.1, -0.05) is 13.8 Å². The van der Waals surface area contributed by atoms with E-state index >= 15 is 0 Å². The number of rotatable bonds is 11. The van der Waals surface area contributed by atoms with Crippen molar-refractivity contribution in [3.8, 4) is 0 Å². The van der Waals surface area contributed by atoms with Crippen LogP contribution in [-0.2, 0) is 19.2 Å². The quantitative estimate of drug-likeness (QED) is 0.247. The molecule has 25 heavy (non-hydrogen) atoms. The van der Waals surface area contributed by atoms with E-state index in [-0.39, 0.29) is 25.2 Å². The Morgan fingerprint density at radius 3 is 2.00 bits per heavy atom. The number of nitrogens with one attached hydrogen (secondary N) is 2. The Balaban J connectivity index is 4.91. The Labute approximate surface area is 146 Å². The number of carbonyl (C=O) groups excluding carboxylic acids is 3. The van der Waals surface area contributed by atoms with E-state index in [1.807, 2.05) is 0 Å². The molecule has 0 saturated carbocycles. The highest BCUT2D eigenvalue weighted by Crippen LogP contribution is 2.06. The highest BCUT2D eigenvalue weighted by atomic mass is 16.4. The zero-order valence-corrected chi connectivity index (χ0v) is 14.7. The number of nitrogens with two attached hydrogens (primary N) is 2. The van der Waals surface area contributed by atoms with Gasteiger partial charge in [-0.2, -0.15) is 0 Å². The van der Waals surface area contributed by atoms with Gasteiger partial charge in [0.1, 0.15) is 12.1 Å². The van der Waals surface area contributed by atoms with E-state index in [1.165, 1.54) is 6.92 Å². The van der Waals surface area contributed by atoms with E-state index in [0.717, 1.165) is 0 Å². The molecule has 0 saturated heterocycles. The zero-order chi connectivity index (χ0) is 19.7. The molecule has 0 aliphatic carbocycles. The molecule has 10 heteroatoms. The van der Waals surface area contributed by atoms with Crippen LogP contribution in [0.15, 0.2) is 0 Å². The second kappa shape index (κ2) is 10.6. The van der Waals surface area contributed by atoms with Crippen molar-refractivity contribution in [3.63, 3.8) is 0 Å². The average Bonchev–Trinajstić information content (AvgIpc) is 2.47. The largest absolute Gasteiger partial charge is 0.480 e. The molecular formula is C15H28N4O6. The summed E-state index contributed by atoms with van der Waals surface area (Å²) in [6, 6.07) is -3.61. The van der Waals surface area contributed by atoms with Gasteiger partial charge in [-0.15, -0.1) is 0 Å². The lowest BCUT2D eigenvalue weighted by atomic mass is 10.0. The number of aliphatic carboxylic acids is 1. The third-order valence-electron chi connectivity index (χ3n) is 3.42. The monoisotopic (exact) mass is 360 g/mol. The molecule has 0 radical (unpaired) electrons. The van der Waals surface area contributed by atoms with Gasteiger partial charge < -0.3 is 32.3 Å². The molecule has 10 nitrogen and oxygen atoms in total. The maximum atomic E-state index is 12.2. The highest BCUT2D eigenvalue weighted by Gasteiger charge is 2.31. The first-order chi connectivity index (χ1) is 11.5. The SMILES string of the molecule is CC(C)C[C@H](NC(=O)[C@@H](NC(=O)[C@@H](N)CCC(N)=O)[C@@H](C)O)C(=O)O. The van der Waals surface area contributed by atoms with Crippen molar-refractivity contribution >= 4 is 23.7 Å². The molecule has 144 valence electrons. The van der Waals surface area contributed by atoms with E-state index < -0.39 is 47.9 Å². The standard InChI is InChI=1S/C15H28N4O6/c1-7(2)6-10(15(24)25)18-14(23)12(8(3)20)19-13(22)9(16)4-5-11(17)21/h7-10,12,20H,4-6,16H2,1-3H3,(H2,17,21)(H,18,23)(H,19,22)(H,24,25)/t8-,9+,10+,12+/m1/s1. The molecule has 0 aliphatic rings. The van der Waals surface area contributed by atoms with Crippen molar-refractivity contribution in [2.24, 2.45) is 17.4 Å². The third-order valence-corrected chi connectivity index (χ3v) is 3.42. The van der Waals surface area contributed by atoms with Crippen LogP contribution in [0.3, 0.4) is 0 Å². The van der Waals surface area contributed by atoms with Crippen LogP contribution in [0, 0.1) is 5.92 Å². The Kier molecular flexibility index (Phi) is 9.69. The normalized spacial score (nSPS) is 15.8. The van der Waals surface area contributed by atoms with Gasteiger partial charge in [0.05, 0.1) is 12.1 Å². The second-order valence-electron chi connectivity index (χ2n) is 6.37. The lowest BCUT2D eigenvalue weighted by molar-refractivity contribution is -0.143. The maximum absolute atomic E-state index is 12.2. The van der Waals surface area contributed by atoms with Gasteiger partial charge in [0.15, 0.2) is 0 Å². The predicted octanol–water partition coefficient (Wildman–Crippen LogP) is -1.94. The number of carboxylic acids is 1. The van der Waals surface area contributed by atoms with E-state index in [1.54, 1.807) is 13.8 Å². The van der Waals surface area contributed by atoms with Crippen LogP contribution < -0.4 is 22.1 Å². The minimum Gasteiger partial charge on any atom is -0.480 e. The summed E-state index contributed by atoms with van der Waals surface area (Å²) >= 11 is 0. The number of amides is 3. The van der Waals surface area contributed by atoms with Crippen molar-refractivity contribution in [3.05, 3.63) is 0 Å². The number of hydrogen-bond donors (Lipinski definition) is 6. The average molecular weight is 360 g/mol. The number of aliphatic hydroxyl groups is 1. The van der Waals surface area contributed by atoms with E-state index in [9.17, 15) is 24.3 Å². The van der Waals surface area contributed by atoms with Crippen molar-refractivity contribution in [1.29, 1.82) is 0 Å². The first-order valence-corrected chi connectivity index (χ1v) is 8.01. The van der Waals surface area contributed by atoms with Crippen molar-refractivity contribution in [2.75, 3.05) is 0 Å². The molecule has 0 aromatic heterocycles. The molecule has 0 unspecified atom stereocenters. The number of carboxylic acid groups (broad SMARTS) is 1. The van der Waals surface area contributed by atoms with Crippen LogP contribution in [0.2, 0.25) is 0 Å². The first kappa shape index (κ1) is 22.8. The van der Waals surface area contributed by atoms with Gasteiger partial charge in [-0.25, -0.2) is 4.79 Å². The fourth-order valence-electron chi connectivity index (χ4n) is 2.05. The summed E-state index contributed by atoms with van der Waals surface area (Å²) in [5.74, 6) is -3.40. The van der Waals surface area contributed by atoms with Crippen LogP contribution in [0.4, 0.5) is 0 Å². The minimum atomic E-state index is -1.37. The van der Waals surface area contributed by atoms with Crippen molar-refractivity contribution in [1.82, 2.24) is 10.6 Å². The Hall–Kier alpha value is -2.20. The topological polar surface area (TPSA) is 185 Å². The summed E-state index contributed by atoms with van der Waals surface area (Å²) in [7, 11) is 0. The molecular weight excluding hydrogens is 332 g/mol. The molecule has 0 rings (SSSR count). The Bertz CT molecular complexity index is 494. The van der Waals surface area contributed by atoms with Crippen LogP contribution in [0.25, 0.3) is 0 Å². The maximum Gasteiger partial charge on any atom is 0.326 e. The molecule has 0 fully saturated rings. The van der Waals surface area contributed by atoms with Gasteiger partial charge in [-0.3, -0.25) is 14.4 Å². The van der Waals surface area contributed by atoms with E-state index in [4.69, 9.17) is 16.6 Å². The third kappa shape index (κ3) is 9.01. The molecule has 8 N–H and O–H groups in total. The summed E-state index contributed by atoms with van der Waals surface area (Å²) in [5, 5.41) is 23.4. The Morgan fingerprint density at radius 1 is 1.04 bits per heavy atom. The number of primary amides is 1. The fraction of sp³-hybridized carbons (Fsp3) is 0.733. The van der Waals surface area contributed by atoms with Crippen LogP contribution in [0.5, 0.6) is 0 Å². The molecule has 4 atom stereocenters. The molecule has 0 heterocycles.